The molecule has 1 aliphatic heterocycles. The molecular weight excluding hydrogens is 548 g/mol. The Hall–Kier alpha value is -4.43. The second-order valence-electron chi connectivity index (χ2n) is 10.6. The Balaban J connectivity index is 1.59. The van der Waals surface area contributed by atoms with Gasteiger partial charge in [0.25, 0.3) is 5.91 Å². The zero-order chi connectivity index (χ0) is 29.8. The minimum atomic E-state index is -0.920. The van der Waals surface area contributed by atoms with Crippen LogP contribution in [0.25, 0.3) is 16.3 Å². The average Bonchev–Trinajstić information content (AvgIpc) is 3.50. The lowest BCUT2D eigenvalue weighted by Crippen LogP contribution is -2.30. The number of aryl methyl sites for hydroxylation is 1. The van der Waals surface area contributed by atoms with Crippen molar-refractivity contribution in [1.82, 2.24) is 4.98 Å². The average molecular weight is 583 g/mol. The third-order valence-corrected chi connectivity index (χ3v) is 7.99. The fourth-order valence-electron chi connectivity index (χ4n) is 4.81. The number of hydrogen-bond donors (Lipinski definition) is 1. The SMILES string of the molecule is CCOc1cc(C2C(C(=O)C=Cc3ccccc3)=C(O)C(=O)N2c2nc3ccc(C)cc3s2)ccc1OCCC(C)C. The number of nitrogens with zero attached hydrogens (tertiary/aromatic N) is 2. The number of aliphatic hydroxyl groups is 1. The van der Waals surface area contributed by atoms with E-state index in [0.717, 1.165) is 27.8 Å². The number of hydrogen-bond acceptors (Lipinski definition) is 7. The molecule has 0 fully saturated rings. The van der Waals surface area contributed by atoms with Gasteiger partial charge in [-0.25, -0.2) is 4.98 Å². The van der Waals surface area contributed by atoms with Gasteiger partial charge in [0, 0.05) is 0 Å². The highest BCUT2D eigenvalue weighted by molar-refractivity contribution is 7.22. The molecule has 5 rings (SSSR count). The summed E-state index contributed by atoms with van der Waals surface area (Å²) in [6, 6.07) is 19.7. The Morgan fingerprint density at radius 2 is 1.86 bits per heavy atom. The number of amides is 1. The highest BCUT2D eigenvalue weighted by Gasteiger charge is 2.45. The summed E-state index contributed by atoms with van der Waals surface area (Å²) in [7, 11) is 0. The molecule has 1 amide bonds. The van der Waals surface area contributed by atoms with E-state index in [1.165, 1.54) is 22.3 Å². The zero-order valence-electron chi connectivity index (χ0n) is 24.2. The van der Waals surface area contributed by atoms with Crippen LogP contribution >= 0.6 is 11.3 Å². The number of ether oxygens (including phenoxy) is 2. The van der Waals surface area contributed by atoms with Crippen LogP contribution in [0.15, 0.2) is 84.1 Å². The molecule has 3 aromatic carbocycles. The lowest BCUT2D eigenvalue weighted by Gasteiger charge is -2.25. The molecule has 0 spiro atoms. The Morgan fingerprint density at radius 3 is 2.60 bits per heavy atom. The van der Waals surface area contributed by atoms with Crippen molar-refractivity contribution in [3.05, 3.63) is 101 Å². The Kier molecular flexibility index (Phi) is 8.73. The molecule has 2 heterocycles. The summed E-state index contributed by atoms with van der Waals surface area (Å²) in [4.78, 5) is 33.5. The van der Waals surface area contributed by atoms with E-state index < -0.39 is 23.5 Å². The van der Waals surface area contributed by atoms with Crippen LogP contribution in [0.1, 0.15) is 49.9 Å². The van der Waals surface area contributed by atoms with Gasteiger partial charge < -0.3 is 14.6 Å². The number of aliphatic hydroxyl groups excluding tert-OH is 1. The van der Waals surface area contributed by atoms with E-state index in [4.69, 9.17) is 14.5 Å². The van der Waals surface area contributed by atoms with Crippen molar-refractivity contribution in [2.45, 2.75) is 40.2 Å². The van der Waals surface area contributed by atoms with E-state index in [9.17, 15) is 14.7 Å². The van der Waals surface area contributed by atoms with E-state index in [2.05, 4.69) is 13.8 Å². The second-order valence-corrected chi connectivity index (χ2v) is 11.6. The molecule has 0 bridgehead atoms. The summed E-state index contributed by atoms with van der Waals surface area (Å²) >= 11 is 1.34. The highest BCUT2D eigenvalue weighted by atomic mass is 32.1. The fraction of sp³-hybridized carbons (Fsp3) is 0.265. The molecule has 1 atom stereocenters. The van der Waals surface area contributed by atoms with Crippen LogP contribution < -0.4 is 14.4 Å². The number of rotatable bonds is 11. The quantitative estimate of drug-likeness (QED) is 0.183. The number of carbonyl (C=O) groups is 2. The monoisotopic (exact) mass is 582 g/mol. The van der Waals surface area contributed by atoms with Crippen LogP contribution in [0.2, 0.25) is 0 Å². The van der Waals surface area contributed by atoms with E-state index in [1.54, 1.807) is 18.2 Å². The van der Waals surface area contributed by atoms with Crippen LogP contribution in [0.5, 0.6) is 11.5 Å². The summed E-state index contributed by atoms with van der Waals surface area (Å²) < 4.78 is 12.9. The predicted octanol–water partition coefficient (Wildman–Crippen LogP) is 7.61. The first-order valence-corrected chi connectivity index (χ1v) is 14.9. The summed E-state index contributed by atoms with van der Waals surface area (Å²) in [5.74, 6) is -0.164. The lowest BCUT2D eigenvalue weighted by molar-refractivity contribution is -0.117. The van der Waals surface area contributed by atoms with Gasteiger partial charge in [-0.15, -0.1) is 0 Å². The van der Waals surface area contributed by atoms with Crippen LogP contribution in [0.4, 0.5) is 5.13 Å². The van der Waals surface area contributed by atoms with Crippen molar-refractivity contribution in [3.8, 4) is 11.5 Å². The number of benzene rings is 3. The third-order valence-electron chi connectivity index (χ3n) is 6.98. The smallest absolute Gasteiger partial charge is 0.296 e. The van der Waals surface area contributed by atoms with E-state index in [-0.39, 0.29) is 5.57 Å². The number of carbonyl (C=O) groups excluding carboxylic acids is 2. The normalized spacial score (nSPS) is 15.4. The molecule has 0 saturated heterocycles. The molecule has 8 heteroatoms. The zero-order valence-corrected chi connectivity index (χ0v) is 25.0. The fourth-order valence-corrected chi connectivity index (χ4v) is 5.90. The van der Waals surface area contributed by atoms with Gasteiger partial charge in [0.15, 0.2) is 28.2 Å². The molecule has 1 aromatic heterocycles. The van der Waals surface area contributed by atoms with Gasteiger partial charge in [-0.05, 0) is 73.2 Å². The lowest BCUT2D eigenvalue weighted by atomic mass is 9.95. The molecule has 1 N–H and O–H groups in total. The maximum atomic E-state index is 13.7. The summed E-state index contributed by atoms with van der Waals surface area (Å²) in [6.45, 7) is 9.08. The standard InChI is InChI=1S/C34H34N2O5S/c1-5-40-28-20-24(13-16-27(28)41-18-17-21(2)3)31-30(26(37)15-12-23-9-7-6-8-10-23)32(38)33(39)36(31)34-35-25-14-11-22(4)19-29(25)42-34/h6-16,19-21,31,38H,5,17-18H2,1-4H3. The molecule has 0 saturated carbocycles. The third kappa shape index (κ3) is 6.09. The number of allylic oxidation sites excluding steroid dienone is 1. The number of thiazole rings is 1. The van der Waals surface area contributed by atoms with Gasteiger partial charge in [-0.1, -0.05) is 73.7 Å². The first-order chi connectivity index (χ1) is 20.3. The minimum absolute atomic E-state index is 0.0152. The minimum Gasteiger partial charge on any atom is -0.503 e. The van der Waals surface area contributed by atoms with Crippen LogP contribution in [-0.2, 0) is 9.59 Å². The molecule has 7 nitrogen and oxygen atoms in total. The highest BCUT2D eigenvalue weighted by Crippen LogP contribution is 2.45. The largest absolute Gasteiger partial charge is 0.503 e. The number of fused-ring (bicyclic) bond motifs is 1. The number of anilines is 1. The Labute approximate surface area is 249 Å². The van der Waals surface area contributed by atoms with Crippen molar-refractivity contribution in [2.75, 3.05) is 18.1 Å². The summed E-state index contributed by atoms with van der Waals surface area (Å²) in [6.07, 6.45) is 3.95. The first kappa shape index (κ1) is 29.1. The number of ketones is 1. The van der Waals surface area contributed by atoms with Gasteiger partial charge in [-0.2, -0.15) is 0 Å². The van der Waals surface area contributed by atoms with Gasteiger partial charge >= 0.3 is 0 Å². The summed E-state index contributed by atoms with van der Waals surface area (Å²) in [5.41, 5.74) is 3.21. The molecule has 42 heavy (non-hydrogen) atoms. The molecule has 0 aliphatic carbocycles. The van der Waals surface area contributed by atoms with Gasteiger partial charge in [0.1, 0.15) is 0 Å². The maximum absolute atomic E-state index is 13.7. The van der Waals surface area contributed by atoms with Crippen LogP contribution in [0.3, 0.4) is 0 Å². The van der Waals surface area contributed by atoms with E-state index >= 15 is 0 Å². The van der Waals surface area contributed by atoms with Crippen molar-refractivity contribution in [1.29, 1.82) is 0 Å². The Morgan fingerprint density at radius 1 is 1.07 bits per heavy atom. The second kappa shape index (κ2) is 12.6. The van der Waals surface area contributed by atoms with Crippen molar-refractivity contribution in [2.24, 2.45) is 5.92 Å². The van der Waals surface area contributed by atoms with Gasteiger partial charge in [0.2, 0.25) is 0 Å². The van der Waals surface area contributed by atoms with Gasteiger partial charge in [-0.3, -0.25) is 14.5 Å². The Bertz CT molecular complexity index is 1670. The molecule has 0 radical (unpaired) electrons. The molecule has 216 valence electrons. The molecule has 1 unspecified atom stereocenters. The van der Waals surface area contributed by atoms with Crippen molar-refractivity contribution >= 4 is 44.5 Å². The van der Waals surface area contributed by atoms with E-state index in [1.807, 2.05) is 68.4 Å². The van der Waals surface area contributed by atoms with Crippen LogP contribution in [0, 0.1) is 12.8 Å². The molecular formula is C34H34N2O5S. The first-order valence-electron chi connectivity index (χ1n) is 14.1. The predicted molar refractivity (Wildman–Crippen MR) is 167 cm³/mol. The van der Waals surface area contributed by atoms with Crippen molar-refractivity contribution < 1.29 is 24.2 Å². The number of aromatic nitrogens is 1. The molecule has 1 aliphatic rings. The maximum Gasteiger partial charge on any atom is 0.296 e. The molecule has 4 aromatic rings. The van der Waals surface area contributed by atoms with Crippen molar-refractivity contribution in [3.63, 3.8) is 0 Å². The van der Waals surface area contributed by atoms with Crippen LogP contribution in [-0.4, -0.2) is 35.0 Å². The van der Waals surface area contributed by atoms with Gasteiger partial charge in [0.05, 0.1) is 35.0 Å². The topological polar surface area (TPSA) is 89.0 Å². The summed E-state index contributed by atoms with van der Waals surface area (Å²) in [5, 5.41) is 11.5. The van der Waals surface area contributed by atoms with E-state index in [0.29, 0.717) is 41.3 Å².